The van der Waals surface area contributed by atoms with Crippen LogP contribution >= 0.6 is 0 Å². The molecule has 2 heterocycles. The Kier molecular flexibility index (Phi) is 3.97. The molecule has 0 saturated carbocycles. The molecule has 1 fully saturated rings. The summed E-state index contributed by atoms with van der Waals surface area (Å²) in [7, 11) is 1.97. The van der Waals surface area contributed by atoms with E-state index >= 15 is 0 Å². The van der Waals surface area contributed by atoms with Crippen LogP contribution in [0.2, 0.25) is 0 Å². The van der Waals surface area contributed by atoms with Gasteiger partial charge in [-0.25, -0.2) is 4.68 Å². The Hall–Kier alpha value is -1.81. The summed E-state index contributed by atoms with van der Waals surface area (Å²) in [5.41, 5.74) is 6.08. The molecule has 3 rings (SSSR count). The van der Waals surface area contributed by atoms with Crippen LogP contribution in [0.15, 0.2) is 24.3 Å². The molecule has 0 amide bonds. The summed E-state index contributed by atoms with van der Waals surface area (Å²) in [4.78, 5) is 2.46. The maximum Gasteiger partial charge on any atom is 0.0650 e. The Morgan fingerprint density at radius 1 is 1.05 bits per heavy atom. The van der Waals surface area contributed by atoms with Gasteiger partial charge in [-0.15, -0.1) is 0 Å². The third-order valence-electron chi connectivity index (χ3n) is 4.36. The van der Waals surface area contributed by atoms with Gasteiger partial charge in [-0.2, -0.15) is 5.10 Å². The molecule has 0 radical (unpaired) electrons. The van der Waals surface area contributed by atoms with E-state index in [2.05, 4.69) is 58.1 Å². The second-order valence-corrected chi connectivity index (χ2v) is 5.80. The molecule has 112 valence electrons. The van der Waals surface area contributed by atoms with E-state index in [0.29, 0.717) is 0 Å². The number of aryl methyl sites for hydroxylation is 1. The molecule has 4 heteroatoms. The highest BCUT2D eigenvalue weighted by Gasteiger charge is 2.14. The van der Waals surface area contributed by atoms with Gasteiger partial charge in [-0.1, -0.05) is 0 Å². The van der Waals surface area contributed by atoms with Crippen molar-refractivity contribution in [2.75, 3.05) is 25.0 Å². The van der Waals surface area contributed by atoms with Crippen molar-refractivity contribution < 1.29 is 0 Å². The molecule has 0 aliphatic carbocycles. The molecule has 1 aromatic carbocycles. The third kappa shape index (κ3) is 2.68. The van der Waals surface area contributed by atoms with Crippen molar-refractivity contribution >= 4 is 5.69 Å². The van der Waals surface area contributed by atoms with Crippen molar-refractivity contribution in [3.05, 3.63) is 41.2 Å². The standard InChI is InChI=1S/C17H24N4/c1-13-17(12-18-3)14(2)21(19-13)16-8-6-15(7-9-16)20-10-4-5-11-20/h6-9,18H,4-5,10-12H2,1-3H3. The Balaban J connectivity index is 1.88. The molecule has 1 aliphatic rings. The number of benzene rings is 1. The molecule has 0 bridgehead atoms. The van der Waals surface area contributed by atoms with Crippen molar-refractivity contribution in [1.29, 1.82) is 0 Å². The van der Waals surface area contributed by atoms with Crippen LogP contribution in [0.3, 0.4) is 0 Å². The fourth-order valence-electron chi connectivity index (χ4n) is 3.14. The van der Waals surface area contributed by atoms with Crippen LogP contribution in [0.4, 0.5) is 5.69 Å². The van der Waals surface area contributed by atoms with Crippen molar-refractivity contribution in [2.24, 2.45) is 0 Å². The number of hydrogen-bond acceptors (Lipinski definition) is 3. The van der Waals surface area contributed by atoms with Crippen molar-refractivity contribution in [1.82, 2.24) is 15.1 Å². The Bertz CT molecular complexity index is 606. The fourth-order valence-corrected chi connectivity index (χ4v) is 3.14. The molecular formula is C17H24N4. The lowest BCUT2D eigenvalue weighted by Crippen LogP contribution is -2.17. The predicted molar refractivity (Wildman–Crippen MR) is 87.2 cm³/mol. The largest absolute Gasteiger partial charge is 0.372 e. The van der Waals surface area contributed by atoms with E-state index in [1.54, 1.807) is 0 Å². The minimum Gasteiger partial charge on any atom is -0.372 e. The first-order valence-electron chi connectivity index (χ1n) is 7.76. The summed E-state index contributed by atoms with van der Waals surface area (Å²) in [6, 6.07) is 8.79. The van der Waals surface area contributed by atoms with E-state index in [1.165, 1.54) is 42.9 Å². The van der Waals surface area contributed by atoms with Gasteiger partial charge in [0.05, 0.1) is 11.4 Å². The first kappa shape index (κ1) is 14.1. The Morgan fingerprint density at radius 2 is 1.67 bits per heavy atom. The molecule has 0 spiro atoms. The normalized spacial score (nSPS) is 14.9. The molecular weight excluding hydrogens is 260 g/mol. The maximum atomic E-state index is 4.69. The smallest absolute Gasteiger partial charge is 0.0650 e. The average Bonchev–Trinajstić information content (AvgIpc) is 3.12. The number of hydrogen-bond donors (Lipinski definition) is 1. The van der Waals surface area contributed by atoms with Crippen LogP contribution in [-0.4, -0.2) is 29.9 Å². The van der Waals surface area contributed by atoms with Gasteiger partial charge in [-0.05, 0) is 58.0 Å². The molecule has 4 nitrogen and oxygen atoms in total. The second-order valence-electron chi connectivity index (χ2n) is 5.80. The van der Waals surface area contributed by atoms with Crippen molar-refractivity contribution in [3.63, 3.8) is 0 Å². The van der Waals surface area contributed by atoms with Gasteiger partial charge >= 0.3 is 0 Å². The number of nitrogens with zero attached hydrogens (tertiary/aromatic N) is 3. The topological polar surface area (TPSA) is 33.1 Å². The molecule has 2 aromatic rings. The highest BCUT2D eigenvalue weighted by molar-refractivity contribution is 5.52. The summed E-state index contributed by atoms with van der Waals surface area (Å²) in [5, 5.41) is 7.91. The van der Waals surface area contributed by atoms with E-state index in [0.717, 1.165) is 17.9 Å². The SMILES string of the molecule is CNCc1c(C)nn(-c2ccc(N3CCCC3)cc2)c1C. The van der Waals surface area contributed by atoms with Crippen LogP contribution in [0.25, 0.3) is 5.69 Å². The lowest BCUT2D eigenvalue weighted by Gasteiger charge is -2.17. The fraction of sp³-hybridized carbons (Fsp3) is 0.471. The lowest BCUT2D eigenvalue weighted by atomic mass is 10.2. The summed E-state index contributed by atoms with van der Waals surface area (Å²) in [5.74, 6) is 0. The van der Waals surface area contributed by atoms with Gasteiger partial charge < -0.3 is 10.2 Å². The first-order chi connectivity index (χ1) is 10.2. The molecule has 0 atom stereocenters. The second kappa shape index (κ2) is 5.90. The molecule has 1 saturated heterocycles. The number of rotatable bonds is 4. The van der Waals surface area contributed by atoms with Crippen molar-refractivity contribution in [2.45, 2.75) is 33.2 Å². The Labute approximate surface area is 126 Å². The quantitative estimate of drug-likeness (QED) is 0.937. The van der Waals surface area contributed by atoms with Crippen molar-refractivity contribution in [3.8, 4) is 5.69 Å². The highest BCUT2D eigenvalue weighted by Crippen LogP contribution is 2.23. The van der Waals surface area contributed by atoms with Gasteiger partial charge in [0.25, 0.3) is 0 Å². The average molecular weight is 284 g/mol. The minimum atomic E-state index is 0.865. The van der Waals surface area contributed by atoms with Crippen LogP contribution in [0.1, 0.15) is 29.8 Å². The van der Waals surface area contributed by atoms with E-state index in [-0.39, 0.29) is 0 Å². The van der Waals surface area contributed by atoms with Crippen LogP contribution in [-0.2, 0) is 6.54 Å². The zero-order chi connectivity index (χ0) is 14.8. The van der Waals surface area contributed by atoms with Gasteiger partial charge in [0.2, 0.25) is 0 Å². The molecule has 1 N–H and O–H groups in total. The summed E-state index contributed by atoms with van der Waals surface area (Å²) in [6.07, 6.45) is 2.62. The predicted octanol–water partition coefficient (Wildman–Crippen LogP) is 2.81. The van der Waals surface area contributed by atoms with Crippen LogP contribution in [0.5, 0.6) is 0 Å². The summed E-state index contributed by atoms with van der Waals surface area (Å²) >= 11 is 0. The lowest BCUT2D eigenvalue weighted by molar-refractivity contribution is 0.801. The molecule has 1 aliphatic heterocycles. The number of nitrogens with one attached hydrogen (secondary N) is 1. The summed E-state index contributed by atoms with van der Waals surface area (Å²) < 4.78 is 2.05. The first-order valence-corrected chi connectivity index (χ1v) is 7.76. The summed E-state index contributed by atoms with van der Waals surface area (Å²) in [6.45, 7) is 7.45. The number of anilines is 1. The van der Waals surface area contributed by atoms with E-state index in [4.69, 9.17) is 0 Å². The Morgan fingerprint density at radius 3 is 2.29 bits per heavy atom. The minimum absolute atomic E-state index is 0.865. The van der Waals surface area contributed by atoms with Gasteiger partial charge in [0.15, 0.2) is 0 Å². The maximum absolute atomic E-state index is 4.69. The monoisotopic (exact) mass is 284 g/mol. The van der Waals surface area contributed by atoms with Crippen LogP contribution < -0.4 is 10.2 Å². The molecule has 1 aromatic heterocycles. The van der Waals surface area contributed by atoms with Crippen LogP contribution in [0, 0.1) is 13.8 Å². The third-order valence-corrected chi connectivity index (χ3v) is 4.36. The number of aromatic nitrogens is 2. The molecule has 21 heavy (non-hydrogen) atoms. The zero-order valence-corrected chi connectivity index (χ0v) is 13.2. The van der Waals surface area contributed by atoms with E-state index in [9.17, 15) is 0 Å². The van der Waals surface area contributed by atoms with E-state index < -0.39 is 0 Å². The molecule has 0 unspecified atom stereocenters. The van der Waals surface area contributed by atoms with Gasteiger partial charge in [0.1, 0.15) is 0 Å². The van der Waals surface area contributed by atoms with E-state index in [1.807, 2.05) is 7.05 Å². The van der Waals surface area contributed by atoms with Gasteiger partial charge in [-0.3, -0.25) is 0 Å². The zero-order valence-electron chi connectivity index (χ0n) is 13.2. The van der Waals surface area contributed by atoms with Gasteiger partial charge in [0, 0.05) is 36.6 Å². The highest BCUT2D eigenvalue weighted by atomic mass is 15.3.